The van der Waals surface area contributed by atoms with E-state index in [1.165, 1.54) is 17.0 Å². The lowest BCUT2D eigenvalue weighted by Crippen LogP contribution is -2.34. The number of methoxy groups -OCH3 is 1. The Labute approximate surface area is 86.9 Å². The molecule has 0 aliphatic rings. The summed E-state index contributed by atoms with van der Waals surface area (Å²) in [6.07, 6.45) is 2.91. The van der Waals surface area contributed by atoms with Gasteiger partial charge in [0.25, 0.3) is 0 Å². The van der Waals surface area contributed by atoms with Gasteiger partial charge in [-0.3, -0.25) is 9.36 Å². The molecule has 6 nitrogen and oxygen atoms in total. The average molecular weight is 211 g/mol. The van der Waals surface area contributed by atoms with E-state index >= 15 is 0 Å². The van der Waals surface area contributed by atoms with Crippen molar-refractivity contribution < 1.29 is 9.53 Å². The Morgan fingerprint density at radius 3 is 3.13 bits per heavy atom. The van der Waals surface area contributed by atoms with Gasteiger partial charge < -0.3 is 10.1 Å². The molecule has 1 N–H and O–H groups in total. The van der Waals surface area contributed by atoms with Crippen molar-refractivity contribution in [2.75, 3.05) is 20.3 Å². The van der Waals surface area contributed by atoms with Crippen molar-refractivity contribution in [1.82, 2.24) is 14.9 Å². The molecule has 0 bridgehead atoms. The highest BCUT2D eigenvalue weighted by Gasteiger charge is 2.02. The summed E-state index contributed by atoms with van der Waals surface area (Å²) in [6, 6.07) is 1.60. The van der Waals surface area contributed by atoms with E-state index in [0.717, 1.165) is 0 Å². The summed E-state index contributed by atoms with van der Waals surface area (Å²) >= 11 is 0. The van der Waals surface area contributed by atoms with E-state index in [2.05, 4.69) is 10.3 Å². The van der Waals surface area contributed by atoms with Crippen LogP contribution in [0.15, 0.2) is 23.3 Å². The van der Waals surface area contributed by atoms with Crippen LogP contribution in [0.3, 0.4) is 0 Å². The van der Waals surface area contributed by atoms with Gasteiger partial charge in [0.1, 0.15) is 6.54 Å². The highest BCUT2D eigenvalue weighted by atomic mass is 16.5. The van der Waals surface area contributed by atoms with Crippen LogP contribution in [0.1, 0.15) is 0 Å². The fraction of sp³-hybridized carbons (Fsp3) is 0.444. The summed E-state index contributed by atoms with van der Waals surface area (Å²) in [5.74, 6) is -0.234. The molecule has 1 aromatic heterocycles. The van der Waals surface area contributed by atoms with E-state index in [0.29, 0.717) is 13.2 Å². The first-order chi connectivity index (χ1) is 7.24. The van der Waals surface area contributed by atoms with Crippen LogP contribution in [0.5, 0.6) is 0 Å². The molecule has 0 saturated carbocycles. The van der Waals surface area contributed by atoms with E-state index in [1.807, 2.05) is 0 Å². The van der Waals surface area contributed by atoms with Crippen LogP contribution in [0.4, 0.5) is 0 Å². The third kappa shape index (κ3) is 3.90. The number of hydrogen-bond acceptors (Lipinski definition) is 4. The van der Waals surface area contributed by atoms with Gasteiger partial charge in [-0.15, -0.1) is 0 Å². The van der Waals surface area contributed by atoms with Gasteiger partial charge >= 0.3 is 5.69 Å². The molecule has 0 unspecified atom stereocenters. The summed E-state index contributed by atoms with van der Waals surface area (Å²) in [6.45, 7) is 0.869. The monoisotopic (exact) mass is 211 g/mol. The van der Waals surface area contributed by atoms with Crippen molar-refractivity contribution in [1.29, 1.82) is 0 Å². The van der Waals surface area contributed by atoms with E-state index < -0.39 is 5.69 Å². The average Bonchev–Trinajstić information content (AvgIpc) is 2.22. The maximum Gasteiger partial charge on any atom is 0.347 e. The lowest BCUT2D eigenvalue weighted by Gasteiger charge is -2.05. The predicted octanol–water partition coefficient (Wildman–Crippen LogP) is -0.994. The van der Waals surface area contributed by atoms with Gasteiger partial charge in [-0.1, -0.05) is 0 Å². The molecule has 6 heteroatoms. The maximum atomic E-state index is 11.3. The summed E-state index contributed by atoms with van der Waals surface area (Å²) in [7, 11) is 1.55. The number of carbonyl (C=O) groups is 1. The molecule has 0 atom stereocenters. The minimum Gasteiger partial charge on any atom is -0.383 e. The van der Waals surface area contributed by atoms with Crippen LogP contribution in [-0.4, -0.2) is 35.7 Å². The Balaban J connectivity index is 2.45. The van der Waals surface area contributed by atoms with Gasteiger partial charge in [-0.05, 0) is 6.07 Å². The molecule has 0 aliphatic carbocycles. The van der Waals surface area contributed by atoms with Gasteiger partial charge in [-0.2, -0.15) is 0 Å². The second-order valence-corrected chi connectivity index (χ2v) is 2.87. The molecule has 0 radical (unpaired) electrons. The molecule has 1 amide bonds. The SMILES string of the molecule is COCCNC(=O)Cn1cccnc1=O. The van der Waals surface area contributed by atoms with E-state index in [9.17, 15) is 9.59 Å². The van der Waals surface area contributed by atoms with Crippen LogP contribution in [-0.2, 0) is 16.1 Å². The van der Waals surface area contributed by atoms with Crippen LogP contribution in [0, 0.1) is 0 Å². The number of rotatable bonds is 5. The van der Waals surface area contributed by atoms with Crippen LogP contribution in [0.2, 0.25) is 0 Å². The van der Waals surface area contributed by atoms with Crippen LogP contribution >= 0.6 is 0 Å². The van der Waals surface area contributed by atoms with E-state index in [4.69, 9.17) is 4.74 Å². The molecule has 82 valence electrons. The molecule has 1 aromatic rings. The highest BCUT2D eigenvalue weighted by Crippen LogP contribution is 1.79. The molecule has 15 heavy (non-hydrogen) atoms. The zero-order valence-electron chi connectivity index (χ0n) is 8.47. The summed E-state index contributed by atoms with van der Waals surface area (Å²) in [5.41, 5.74) is -0.431. The zero-order chi connectivity index (χ0) is 11.1. The quantitative estimate of drug-likeness (QED) is 0.634. The molecule has 0 aromatic carbocycles. The van der Waals surface area contributed by atoms with Gasteiger partial charge in [-0.25, -0.2) is 9.78 Å². The Hall–Kier alpha value is -1.69. The predicted molar refractivity (Wildman–Crippen MR) is 53.4 cm³/mol. The fourth-order valence-electron chi connectivity index (χ4n) is 1.01. The standard InChI is InChI=1S/C9H13N3O3/c1-15-6-4-10-8(13)7-12-5-2-3-11-9(12)14/h2-3,5H,4,6-7H2,1H3,(H,10,13). The number of aromatic nitrogens is 2. The molecule has 0 fully saturated rings. The van der Waals surface area contributed by atoms with E-state index in [1.54, 1.807) is 13.2 Å². The number of hydrogen-bond donors (Lipinski definition) is 1. The third-order valence-electron chi connectivity index (χ3n) is 1.73. The molecule has 0 aliphatic heterocycles. The van der Waals surface area contributed by atoms with Gasteiger partial charge in [0, 0.05) is 26.0 Å². The highest BCUT2D eigenvalue weighted by molar-refractivity contribution is 5.75. The summed E-state index contributed by atoms with van der Waals surface area (Å²) in [5, 5.41) is 2.61. The fourth-order valence-corrected chi connectivity index (χ4v) is 1.01. The smallest absolute Gasteiger partial charge is 0.347 e. The largest absolute Gasteiger partial charge is 0.383 e. The van der Waals surface area contributed by atoms with Gasteiger partial charge in [0.15, 0.2) is 0 Å². The third-order valence-corrected chi connectivity index (χ3v) is 1.73. The number of nitrogens with zero attached hydrogens (tertiary/aromatic N) is 2. The Bertz CT molecular complexity index is 375. The number of carbonyl (C=O) groups excluding carboxylic acids is 1. The van der Waals surface area contributed by atoms with Crippen LogP contribution < -0.4 is 11.0 Å². The first kappa shape index (κ1) is 11.4. The maximum absolute atomic E-state index is 11.3. The van der Waals surface area contributed by atoms with Crippen molar-refractivity contribution in [3.63, 3.8) is 0 Å². The normalized spacial score (nSPS) is 9.93. The molecule has 0 saturated heterocycles. The first-order valence-corrected chi connectivity index (χ1v) is 4.51. The molecular weight excluding hydrogens is 198 g/mol. The Kier molecular flexibility index (Phi) is 4.49. The number of nitrogens with one attached hydrogen (secondary N) is 1. The number of ether oxygens (including phenoxy) is 1. The minimum absolute atomic E-state index is 0.0175. The first-order valence-electron chi connectivity index (χ1n) is 4.51. The van der Waals surface area contributed by atoms with Crippen molar-refractivity contribution in [2.45, 2.75) is 6.54 Å². The molecule has 0 spiro atoms. The van der Waals surface area contributed by atoms with Crippen molar-refractivity contribution >= 4 is 5.91 Å². The Morgan fingerprint density at radius 2 is 2.47 bits per heavy atom. The van der Waals surface area contributed by atoms with Crippen molar-refractivity contribution in [3.05, 3.63) is 28.9 Å². The van der Waals surface area contributed by atoms with Crippen LogP contribution in [0.25, 0.3) is 0 Å². The van der Waals surface area contributed by atoms with Gasteiger partial charge in [0.2, 0.25) is 5.91 Å². The van der Waals surface area contributed by atoms with Gasteiger partial charge in [0.05, 0.1) is 6.61 Å². The Morgan fingerprint density at radius 1 is 1.67 bits per heavy atom. The molecule has 1 rings (SSSR count). The lowest BCUT2D eigenvalue weighted by atomic mass is 10.5. The second-order valence-electron chi connectivity index (χ2n) is 2.87. The van der Waals surface area contributed by atoms with E-state index in [-0.39, 0.29) is 12.5 Å². The summed E-state index contributed by atoms with van der Waals surface area (Å²) in [4.78, 5) is 25.9. The lowest BCUT2D eigenvalue weighted by molar-refractivity contribution is -0.121. The minimum atomic E-state index is -0.431. The summed E-state index contributed by atoms with van der Waals surface area (Å²) < 4.78 is 6.01. The molecular formula is C9H13N3O3. The second kappa shape index (κ2) is 5.92. The zero-order valence-corrected chi connectivity index (χ0v) is 8.47. The number of amides is 1. The molecule has 1 heterocycles. The van der Waals surface area contributed by atoms with Crippen molar-refractivity contribution in [2.24, 2.45) is 0 Å². The topological polar surface area (TPSA) is 73.2 Å². The van der Waals surface area contributed by atoms with Crippen molar-refractivity contribution in [3.8, 4) is 0 Å².